The predicted molar refractivity (Wildman–Crippen MR) is 62.6 cm³/mol. The molecule has 0 unspecified atom stereocenters. The summed E-state index contributed by atoms with van der Waals surface area (Å²) in [4.78, 5) is 2.43. The Bertz CT molecular complexity index is 410. The maximum absolute atomic E-state index is 9.40. The van der Waals surface area contributed by atoms with Gasteiger partial charge in [0.1, 0.15) is 5.54 Å². The summed E-state index contributed by atoms with van der Waals surface area (Å²) < 4.78 is 0. The van der Waals surface area contributed by atoms with Crippen molar-refractivity contribution in [2.75, 3.05) is 0 Å². The first-order chi connectivity index (χ1) is 7.84. The Labute approximate surface area is 96.5 Å². The van der Waals surface area contributed by atoms with E-state index in [0.717, 1.165) is 19.4 Å². The molecule has 0 N–H and O–H groups in total. The maximum Gasteiger partial charge on any atom is 0.109 e. The SMILES string of the molecule is N#CC12CCC(CC1)N2Cc1ccccc1. The van der Waals surface area contributed by atoms with Crippen LogP contribution < -0.4 is 0 Å². The fourth-order valence-corrected chi connectivity index (χ4v) is 3.27. The molecule has 0 amide bonds. The summed E-state index contributed by atoms with van der Waals surface area (Å²) in [6.07, 6.45) is 4.56. The third-order valence-corrected chi connectivity index (χ3v) is 4.18. The molecule has 0 aromatic heterocycles. The second kappa shape index (κ2) is 3.61. The monoisotopic (exact) mass is 212 g/mol. The Hall–Kier alpha value is -1.33. The fraction of sp³-hybridized carbons (Fsp3) is 0.500. The quantitative estimate of drug-likeness (QED) is 0.753. The van der Waals surface area contributed by atoms with Crippen LogP contribution in [0.2, 0.25) is 0 Å². The Morgan fingerprint density at radius 3 is 2.56 bits per heavy atom. The number of nitrogens with zero attached hydrogens (tertiary/aromatic N) is 2. The fourth-order valence-electron chi connectivity index (χ4n) is 3.27. The lowest BCUT2D eigenvalue weighted by molar-refractivity contribution is 0.194. The number of nitriles is 1. The molecule has 2 aliphatic heterocycles. The van der Waals surface area contributed by atoms with E-state index in [1.54, 1.807) is 0 Å². The molecule has 2 heteroatoms. The molecule has 2 bridgehead atoms. The molecule has 1 aromatic rings. The summed E-state index contributed by atoms with van der Waals surface area (Å²) in [5.41, 5.74) is 1.19. The van der Waals surface area contributed by atoms with Gasteiger partial charge in [0, 0.05) is 12.6 Å². The highest BCUT2D eigenvalue weighted by Crippen LogP contribution is 2.46. The molecular weight excluding hydrogens is 196 g/mol. The van der Waals surface area contributed by atoms with Crippen LogP contribution in [0.3, 0.4) is 0 Å². The Kier molecular flexibility index (Phi) is 2.22. The molecule has 2 saturated heterocycles. The van der Waals surface area contributed by atoms with Crippen LogP contribution in [0, 0.1) is 11.3 Å². The Morgan fingerprint density at radius 1 is 1.25 bits per heavy atom. The Balaban J connectivity index is 1.84. The van der Waals surface area contributed by atoms with E-state index in [9.17, 15) is 5.26 Å². The standard InChI is InChI=1S/C14H16N2/c15-11-14-8-6-13(7-9-14)16(14)10-12-4-2-1-3-5-12/h1-5,13H,6-10H2. The maximum atomic E-state index is 9.40. The minimum absolute atomic E-state index is 0.138. The number of benzene rings is 1. The molecule has 0 spiro atoms. The van der Waals surface area contributed by atoms with Gasteiger partial charge < -0.3 is 0 Å². The van der Waals surface area contributed by atoms with E-state index in [4.69, 9.17) is 0 Å². The van der Waals surface area contributed by atoms with Gasteiger partial charge >= 0.3 is 0 Å². The molecule has 0 atom stereocenters. The van der Waals surface area contributed by atoms with Gasteiger partial charge in [-0.25, -0.2) is 0 Å². The summed E-state index contributed by atoms with van der Waals surface area (Å²) >= 11 is 0. The molecule has 1 aromatic carbocycles. The lowest BCUT2D eigenvalue weighted by Crippen LogP contribution is -2.39. The van der Waals surface area contributed by atoms with Crippen LogP contribution in [-0.2, 0) is 6.54 Å². The van der Waals surface area contributed by atoms with Gasteiger partial charge in [0.05, 0.1) is 6.07 Å². The van der Waals surface area contributed by atoms with Crippen LogP contribution in [0.1, 0.15) is 31.2 Å². The first kappa shape index (κ1) is 9.86. The number of fused-ring (bicyclic) bond motifs is 2. The van der Waals surface area contributed by atoms with Crippen LogP contribution in [0.25, 0.3) is 0 Å². The topological polar surface area (TPSA) is 27.0 Å². The normalized spacial score (nSPS) is 32.8. The summed E-state index contributed by atoms with van der Waals surface area (Å²) in [6.45, 7) is 0.944. The lowest BCUT2D eigenvalue weighted by atomic mass is 9.89. The van der Waals surface area contributed by atoms with E-state index in [1.807, 2.05) is 6.07 Å². The van der Waals surface area contributed by atoms with Crippen molar-refractivity contribution < 1.29 is 0 Å². The van der Waals surface area contributed by atoms with Crippen LogP contribution in [0.5, 0.6) is 0 Å². The largest absolute Gasteiger partial charge is 0.278 e. The lowest BCUT2D eigenvalue weighted by Gasteiger charge is -2.28. The highest BCUT2D eigenvalue weighted by molar-refractivity contribution is 5.22. The molecule has 2 nitrogen and oxygen atoms in total. The van der Waals surface area contributed by atoms with E-state index in [1.165, 1.54) is 18.4 Å². The van der Waals surface area contributed by atoms with E-state index in [-0.39, 0.29) is 5.54 Å². The Morgan fingerprint density at radius 2 is 1.94 bits per heavy atom. The number of rotatable bonds is 2. The summed E-state index contributed by atoms with van der Waals surface area (Å²) in [6, 6.07) is 13.7. The summed E-state index contributed by atoms with van der Waals surface area (Å²) in [5, 5.41) is 9.40. The van der Waals surface area contributed by atoms with Crippen LogP contribution in [-0.4, -0.2) is 16.5 Å². The van der Waals surface area contributed by atoms with Gasteiger partial charge in [-0.3, -0.25) is 4.90 Å². The van der Waals surface area contributed by atoms with Crippen molar-refractivity contribution in [2.24, 2.45) is 0 Å². The van der Waals surface area contributed by atoms with Gasteiger partial charge in [-0.15, -0.1) is 0 Å². The van der Waals surface area contributed by atoms with Crippen molar-refractivity contribution in [2.45, 2.75) is 43.8 Å². The average Bonchev–Trinajstić information content (AvgIpc) is 2.86. The average molecular weight is 212 g/mol. The van der Waals surface area contributed by atoms with Crippen molar-refractivity contribution >= 4 is 0 Å². The van der Waals surface area contributed by atoms with E-state index in [2.05, 4.69) is 35.2 Å². The minimum Gasteiger partial charge on any atom is -0.278 e. The van der Waals surface area contributed by atoms with Crippen molar-refractivity contribution in [3.8, 4) is 6.07 Å². The van der Waals surface area contributed by atoms with Gasteiger partial charge in [0.15, 0.2) is 0 Å². The minimum atomic E-state index is -0.138. The van der Waals surface area contributed by atoms with Gasteiger partial charge in [-0.2, -0.15) is 5.26 Å². The molecule has 0 radical (unpaired) electrons. The van der Waals surface area contributed by atoms with Crippen molar-refractivity contribution in [1.29, 1.82) is 5.26 Å². The molecule has 0 aliphatic carbocycles. The van der Waals surface area contributed by atoms with Crippen LogP contribution in [0.4, 0.5) is 0 Å². The first-order valence-electron chi connectivity index (χ1n) is 6.06. The second-order valence-electron chi connectivity index (χ2n) is 4.99. The molecule has 0 saturated carbocycles. The van der Waals surface area contributed by atoms with Gasteiger partial charge in [-0.1, -0.05) is 30.3 Å². The molecule has 16 heavy (non-hydrogen) atoms. The van der Waals surface area contributed by atoms with Crippen LogP contribution in [0.15, 0.2) is 30.3 Å². The molecule has 3 rings (SSSR count). The van der Waals surface area contributed by atoms with Gasteiger partial charge in [-0.05, 0) is 31.2 Å². The zero-order valence-corrected chi connectivity index (χ0v) is 9.39. The van der Waals surface area contributed by atoms with Crippen molar-refractivity contribution in [1.82, 2.24) is 4.90 Å². The number of hydrogen-bond donors (Lipinski definition) is 0. The predicted octanol–water partition coefficient (Wildman–Crippen LogP) is 2.71. The van der Waals surface area contributed by atoms with Gasteiger partial charge in [0.25, 0.3) is 0 Å². The van der Waals surface area contributed by atoms with E-state index < -0.39 is 0 Å². The van der Waals surface area contributed by atoms with E-state index in [0.29, 0.717) is 6.04 Å². The molecule has 2 aliphatic rings. The van der Waals surface area contributed by atoms with E-state index >= 15 is 0 Å². The molecular formula is C14H16N2. The second-order valence-corrected chi connectivity index (χ2v) is 4.99. The third-order valence-electron chi connectivity index (χ3n) is 4.18. The van der Waals surface area contributed by atoms with Gasteiger partial charge in [0.2, 0.25) is 0 Å². The zero-order valence-electron chi connectivity index (χ0n) is 9.39. The smallest absolute Gasteiger partial charge is 0.109 e. The summed E-state index contributed by atoms with van der Waals surface area (Å²) in [7, 11) is 0. The number of hydrogen-bond acceptors (Lipinski definition) is 2. The summed E-state index contributed by atoms with van der Waals surface area (Å²) in [5.74, 6) is 0. The van der Waals surface area contributed by atoms with Crippen LogP contribution >= 0.6 is 0 Å². The van der Waals surface area contributed by atoms with Crippen molar-refractivity contribution in [3.05, 3.63) is 35.9 Å². The zero-order chi connectivity index (χ0) is 11.0. The third kappa shape index (κ3) is 1.36. The first-order valence-corrected chi connectivity index (χ1v) is 6.06. The molecule has 82 valence electrons. The molecule has 2 fully saturated rings. The highest BCUT2D eigenvalue weighted by Gasteiger charge is 2.51. The molecule has 2 heterocycles. The highest BCUT2D eigenvalue weighted by atomic mass is 15.3. The van der Waals surface area contributed by atoms with Crippen molar-refractivity contribution in [3.63, 3.8) is 0 Å².